The third-order valence-corrected chi connectivity index (χ3v) is 6.48. The van der Waals surface area contributed by atoms with Crippen LogP contribution in [0.25, 0.3) is 11.7 Å². The molecule has 3 aromatic rings. The topological polar surface area (TPSA) is 66.7 Å². The highest BCUT2D eigenvalue weighted by molar-refractivity contribution is 8.26. The molecule has 1 aliphatic rings. The number of hydrogen-bond donors (Lipinski definition) is 1. The Hall–Kier alpha value is -2.97. The van der Waals surface area contributed by atoms with Gasteiger partial charge in [-0.1, -0.05) is 60.4 Å². The van der Waals surface area contributed by atoms with E-state index in [1.807, 2.05) is 44.2 Å². The molecule has 0 radical (unpaired) electrons. The van der Waals surface area contributed by atoms with E-state index in [0.29, 0.717) is 39.3 Å². The zero-order valence-corrected chi connectivity index (χ0v) is 18.9. The average molecular weight is 451 g/mol. The van der Waals surface area contributed by atoms with Crippen LogP contribution in [0.5, 0.6) is 0 Å². The van der Waals surface area contributed by atoms with E-state index in [0.717, 1.165) is 12.0 Å². The molecule has 0 spiro atoms. The molecule has 6 nitrogen and oxygen atoms in total. The Morgan fingerprint density at radius 1 is 1.16 bits per heavy atom. The van der Waals surface area contributed by atoms with Gasteiger partial charge in [-0.25, -0.2) is 4.98 Å². The molecule has 4 rings (SSSR count). The molecule has 1 fully saturated rings. The fourth-order valence-electron chi connectivity index (χ4n) is 3.45. The van der Waals surface area contributed by atoms with Crippen molar-refractivity contribution in [3.05, 3.63) is 80.6 Å². The maximum Gasteiger partial charge on any atom is 0.267 e. The highest BCUT2D eigenvalue weighted by atomic mass is 32.2. The fraction of sp³-hybridized carbons (Fsp3) is 0.217. The molecule has 0 saturated carbocycles. The number of benzene rings is 1. The number of rotatable bonds is 6. The number of fused-ring (bicyclic) bond motifs is 1. The third kappa shape index (κ3) is 4.26. The number of pyridine rings is 1. The Morgan fingerprint density at radius 3 is 2.65 bits per heavy atom. The summed E-state index contributed by atoms with van der Waals surface area (Å²) in [5.74, 6) is 0.290. The van der Waals surface area contributed by atoms with Crippen LogP contribution in [-0.4, -0.2) is 37.6 Å². The number of hydrogen-bond acceptors (Lipinski definition) is 6. The van der Waals surface area contributed by atoms with E-state index in [1.54, 1.807) is 12.3 Å². The van der Waals surface area contributed by atoms with Crippen LogP contribution in [0.15, 0.2) is 58.4 Å². The van der Waals surface area contributed by atoms with Crippen molar-refractivity contribution in [2.24, 2.45) is 0 Å². The Balaban J connectivity index is 1.75. The molecule has 0 atom stereocenters. The molecular formula is C23H22N4O2S2. The quantitative estimate of drug-likeness (QED) is 0.454. The summed E-state index contributed by atoms with van der Waals surface area (Å²) in [6.45, 7) is 4.90. The van der Waals surface area contributed by atoms with Crippen molar-refractivity contribution in [3.8, 4) is 0 Å². The lowest BCUT2D eigenvalue weighted by Gasteiger charge is -2.12. The van der Waals surface area contributed by atoms with E-state index in [1.165, 1.54) is 26.6 Å². The number of anilines is 1. The van der Waals surface area contributed by atoms with Crippen molar-refractivity contribution in [1.82, 2.24) is 14.3 Å². The number of thiocarbonyl (C=S) groups is 1. The van der Waals surface area contributed by atoms with Gasteiger partial charge in [0.05, 0.1) is 10.5 Å². The molecule has 8 heteroatoms. The summed E-state index contributed by atoms with van der Waals surface area (Å²) in [6.07, 6.45) is 4.09. The molecule has 1 N–H and O–H groups in total. The van der Waals surface area contributed by atoms with E-state index in [9.17, 15) is 9.59 Å². The molecule has 0 aliphatic carbocycles. The maximum absolute atomic E-state index is 13.3. The van der Waals surface area contributed by atoms with Crippen LogP contribution in [0.1, 0.15) is 23.6 Å². The first-order chi connectivity index (χ1) is 15.0. The van der Waals surface area contributed by atoms with Gasteiger partial charge in [0.15, 0.2) is 0 Å². The monoisotopic (exact) mass is 450 g/mol. The molecule has 3 heterocycles. The summed E-state index contributed by atoms with van der Waals surface area (Å²) in [5.41, 5.74) is 2.81. The van der Waals surface area contributed by atoms with Crippen LogP contribution in [0.2, 0.25) is 0 Å². The number of aryl methyl sites for hydroxylation is 1. The van der Waals surface area contributed by atoms with Crippen molar-refractivity contribution in [2.45, 2.75) is 20.3 Å². The Kier molecular flexibility index (Phi) is 6.20. The van der Waals surface area contributed by atoms with Crippen LogP contribution >= 0.6 is 24.0 Å². The van der Waals surface area contributed by atoms with Crippen LogP contribution in [0.3, 0.4) is 0 Å². The second-order valence-corrected chi connectivity index (χ2v) is 8.83. The molecule has 2 aromatic heterocycles. The SMILES string of the molecule is CCN1C(=O)/C(=C\c2c(NCCc3ccccc3)nc3c(C)cccn3c2=O)SC1=S. The second-order valence-electron chi connectivity index (χ2n) is 7.15. The van der Waals surface area contributed by atoms with Gasteiger partial charge in [0.1, 0.15) is 15.8 Å². The molecule has 158 valence electrons. The Labute approximate surface area is 190 Å². The molecule has 1 saturated heterocycles. The maximum atomic E-state index is 13.3. The second kappa shape index (κ2) is 9.03. The van der Waals surface area contributed by atoms with Gasteiger partial charge < -0.3 is 5.32 Å². The first-order valence-electron chi connectivity index (χ1n) is 10.0. The van der Waals surface area contributed by atoms with Gasteiger partial charge in [0, 0.05) is 19.3 Å². The number of carbonyl (C=O) groups excluding carboxylic acids is 1. The largest absolute Gasteiger partial charge is 0.369 e. The van der Waals surface area contributed by atoms with Gasteiger partial charge in [0.25, 0.3) is 11.5 Å². The lowest BCUT2D eigenvalue weighted by atomic mass is 10.1. The molecule has 31 heavy (non-hydrogen) atoms. The van der Waals surface area contributed by atoms with Crippen molar-refractivity contribution in [3.63, 3.8) is 0 Å². The number of thioether (sulfide) groups is 1. The highest BCUT2D eigenvalue weighted by Gasteiger charge is 2.31. The van der Waals surface area contributed by atoms with Gasteiger partial charge in [-0.05, 0) is 43.5 Å². The lowest BCUT2D eigenvalue weighted by molar-refractivity contribution is -0.121. The summed E-state index contributed by atoms with van der Waals surface area (Å²) in [7, 11) is 0. The van der Waals surface area contributed by atoms with E-state index in [4.69, 9.17) is 17.2 Å². The molecular weight excluding hydrogens is 428 g/mol. The highest BCUT2D eigenvalue weighted by Crippen LogP contribution is 2.32. The minimum atomic E-state index is -0.224. The zero-order valence-electron chi connectivity index (χ0n) is 17.3. The Morgan fingerprint density at radius 2 is 1.94 bits per heavy atom. The normalized spacial score (nSPS) is 15.3. The summed E-state index contributed by atoms with van der Waals surface area (Å²) < 4.78 is 2.02. The van der Waals surface area contributed by atoms with E-state index in [2.05, 4.69) is 17.4 Å². The van der Waals surface area contributed by atoms with Gasteiger partial charge >= 0.3 is 0 Å². The Bertz CT molecular complexity index is 1250. The fourth-order valence-corrected chi connectivity index (χ4v) is 4.82. The number of aromatic nitrogens is 2. The molecule has 0 unspecified atom stereocenters. The predicted octanol–water partition coefficient (Wildman–Crippen LogP) is 3.88. The smallest absolute Gasteiger partial charge is 0.267 e. The van der Waals surface area contributed by atoms with E-state index in [-0.39, 0.29) is 11.5 Å². The molecule has 1 aromatic carbocycles. The summed E-state index contributed by atoms with van der Waals surface area (Å²) in [6, 6.07) is 13.8. The first kappa shape index (κ1) is 21.3. The summed E-state index contributed by atoms with van der Waals surface area (Å²) >= 11 is 6.52. The molecule has 1 amide bonds. The van der Waals surface area contributed by atoms with Crippen molar-refractivity contribution in [1.29, 1.82) is 0 Å². The van der Waals surface area contributed by atoms with Crippen molar-refractivity contribution in [2.75, 3.05) is 18.4 Å². The zero-order chi connectivity index (χ0) is 22.0. The van der Waals surface area contributed by atoms with Gasteiger partial charge in [-0.3, -0.25) is 18.9 Å². The number of nitrogens with one attached hydrogen (secondary N) is 1. The van der Waals surface area contributed by atoms with Gasteiger partial charge in [0.2, 0.25) is 0 Å². The summed E-state index contributed by atoms with van der Waals surface area (Å²) in [4.78, 5) is 32.7. The third-order valence-electron chi connectivity index (χ3n) is 5.10. The minimum absolute atomic E-state index is 0.179. The number of nitrogens with zero attached hydrogens (tertiary/aromatic N) is 3. The number of amides is 1. The van der Waals surface area contributed by atoms with Crippen molar-refractivity contribution < 1.29 is 4.79 Å². The average Bonchev–Trinajstić information content (AvgIpc) is 3.04. The van der Waals surface area contributed by atoms with E-state index < -0.39 is 0 Å². The summed E-state index contributed by atoms with van der Waals surface area (Å²) in [5, 5.41) is 3.31. The van der Waals surface area contributed by atoms with Crippen LogP contribution in [-0.2, 0) is 11.2 Å². The minimum Gasteiger partial charge on any atom is -0.369 e. The van der Waals surface area contributed by atoms with Crippen LogP contribution in [0.4, 0.5) is 5.82 Å². The van der Waals surface area contributed by atoms with E-state index >= 15 is 0 Å². The lowest BCUT2D eigenvalue weighted by Crippen LogP contribution is -2.27. The first-order valence-corrected chi connectivity index (χ1v) is 11.3. The van der Waals surface area contributed by atoms with Crippen LogP contribution < -0.4 is 10.9 Å². The number of carbonyl (C=O) groups is 1. The van der Waals surface area contributed by atoms with Crippen LogP contribution in [0, 0.1) is 6.92 Å². The molecule has 0 bridgehead atoms. The van der Waals surface area contributed by atoms with Crippen molar-refractivity contribution >= 4 is 51.7 Å². The number of likely N-dealkylation sites (N-methyl/N-ethyl adjacent to an activating group) is 1. The molecule has 1 aliphatic heterocycles. The van der Waals surface area contributed by atoms with Gasteiger partial charge in [-0.15, -0.1) is 0 Å². The van der Waals surface area contributed by atoms with Gasteiger partial charge in [-0.2, -0.15) is 0 Å². The predicted molar refractivity (Wildman–Crippen MR) is 130 cm³/mol. The standard InChI is InChI=1S/C23H22N4O2S2/c1-3-26-22(29)18(31-23(26)30)14-17-19(24-12-11-16-9-5-4-6-10-16)25-20-15(2)8-7-13-27(20)21(17)28/h4-10,13-14,24H,3,11-12H2,1-2H3/b18-14+.